The van der Waals surface area contributed by atoms with Crippen molar-refractivity contribution >= 4 is 29.9 Å². The van der Waals surface area contributed by atoms with E-state index in [1.807, 2.05) is 37.1 Å². The third-order valence-corrected chi connectivity index (χ3v) is 3.58. The molecule has 0 heterocycles. The molecule has 2 aromatic carbocycles. The van der Waals surface area contributed by atoms with Crippen molar-refractivity contribution in [2.75, 3.05) is 20.1 Å². The lowest BCUT2D eigenvalue weighted by Crippen LogP contribution is -2.38. The monoisotopic (exact) mass is 457 g/mol. The zero-order valence-electron chi connectivity index (χ0n) is 14.6. The summed E-state index contributed by atoms with van der Waals surface area (Å²) in [7, 11) is 1.93. The SMILES string of the molecule is CCNC(=NCCc1cccc(O)c1)N(C)Cc1cccc(F)c1.I. The van der Waals surface area contributed by atoms with Crippen LogP contribution >= 0.6 is 24.0 Å². The molecule has 0 fully saturated rings. The fraction of sp³-hybridized carbons (Fsp3) is 0.316. The van der Waals surface area contributed by atoms with E-state index < -0.39 is 0 Å². The maximum Gasteiger partial charge on any atom is 0.193 e. The number of guanidine groups is 1. The zero-order valence-corrected chi connectivity index (χ0v) is 16.9. The lowest BCUT2D eigenvalue weighted by molar-refractivity contribution is 0.473. The third kappa shape index (κ3) is 7.29. The summed E-state index contributed by atoms with van der Waals surface area (Å²) in [5, 5.41) is 12.7. The minimum atomic E-state index is -0.230. The Labute approximate surface area is 165 Å². The van der Waals surface area contributed by atoms with Gasteiger partial charge in [0.2, 0.25) is 0 Å². The highest BCUT2D eigenvalue weighted by Crippen LogP contribution is 2.11. The molecule has 0 amide bonds. The average molecular weight is 457 g/mol. The van der Waals surface area contributed by atoms with Gasteiger partial charge >= 0.3 is 0 Å². The Hall–Kier alpha value is -1.83. The summed E-state index contributed by atoms with van der Waals surface area (Å²) in [6.45, 7) is 3.97. The topological polar surface area (TPSA) is 47.9 Å². The van der Waals surface area contributed by atoms with Crippen LogP contribution in [-0.4, -0.2) is 36.1 Å². The lowest BCUT2D eigenvalue weighted by Gasteiger charge is -2.22. The lowest BCUT2D eigenvalue weighted by atomic mass is 10.1. The maximum absolute atomic E-state index is 13.3. The number of nitrogens with zero attached hydrogens (tertiary/aromatic N) is 2. The zero-order chi connectivity index (χ0) is 17.4. The first-order valence-electron chi connectivity index (χ1n) is 8.10. The Balaban J connectivity index is 0.00000312. The van der Waals surface area contributed by atoms with Gasteiger partial charge < -0.3 is 15.3 Å². The average Bonchev–Trinajstić information content (AvgIpc) is 2.54. The van der Waals surface area contributed by atoms with Gasteiger partial charge in [-0.25, -0.2) is 4.39 Å². The molecule has 0 saturated carbocycles. The number of phenols is 1. The standard InChI is InChI=1S/C19H24FN3O.HI/c1-3-21-19(22-11-10-15-6-5-9-18(24)13-15)23(2)14-16-7-4-8-17(20)12-16;/h4-9,12-13,24H,3,10-11,14H2,1-2H3,(H,21,22);1H. The second-order valence-corrected chi connectivity index (χ2v) is 5.64. The predicted molar refractivity (Wildman–Crippen MR) is 111 cm³/mol. The van der Waals surface area contributed by atoms with Gasteiger partial charge in [0, 0.05) is 26.7 Å². The highest BCUT2D eigenvalue weighted by atomic mass is 127. The van der Waals surface area contributed by atoms with Crippen LogP contribution in [0.3, 0.4) is 0 Å². The van der Waals surface area contributed by atoms with Crippen molar-refractivity contribution in [1.29, 1.82) is 0 Å². The Kier molecular flexibility index (Phi) is 9.26. The first-order chi connectivity index (χ1) is 11.6. The molecule has 0 aromatic heterocycles. The molecule has 4 nitrogen and oxygen atoms in total. The Morgan fingerprint density at radius 2 is 1.88 bits per heavy atom. The molecule has 6 heteroatoms. The summed E-state index contributed by atoms with van der Waals surface area (Å²) in [6.07, 6.45) is 0.747. The molecule has 0 aliphatic carbocycles. The quantitative estimate of drug-likeness (QED) is 0.394. The van der Waals surface area contributed by atoms with Crippen molar-refractivity contribution in [3.05, 3.63) is 65.5 Å². The van der Waals surface area contributed by atoms with Gasteiger partial charge in [0.1, 0.15) is 11.6 Å². The van der Waals surface area contributed by atoms with E-state index >= 15 is 0 Å². The van der Waals surface area contributed by atoms with Gasteiger partial charge in [-0.15, -0.1) is 24.0 Å². The van der Waals surface area contributed by atoms with Gasteiger partial charge in [-0.1, -0.05) is 24.3 Å². The fourth-order valence-corrected chi connectivity index (χ4v) is 2.46. The summed E-state index contributed by atoms with van der Waals surface area (Å²) >= 11 is 0. The summed E-state index contributed by atoms with van der Waals surface area (Å²) in [4.78, 5) is 6.59. The highest BCUT2D eigenvalue weighted by Gasteiger charge is 2.07. The summed E-state index contributed by atoms with van der Waals surface area (Å²) in [6, 6.07) is 13.8. The molecule has 0 spiro atoms. The number of nitrogens with one attached hydrogen (secondary N) is 1. The minimum Gasteiger partial charge on any atom is -0.508 e. The highest BCUT2D eigenvalue weighted by molar-refractivity contribution is 14.0. The fourth-order valence-electron chi connectivity index (χ4n) is 2.46. The van der Waals surface area contributed by atoms with E-state index in [0.29, 0.717) is 13.1 Å². The van der Waals surface area contributed by atoms with Crippen LogP contribution in [0.25, 0.3) is 0 Å². The van der Waals surface area contributed by atoms with Gasteiger partial charge in [0.05, 0.1) is 0 Å². The first kappa shape index (κ1) is 21.2. The molecule has 136 valence electrons. The number of aromatic hydroxyl groups is 1. The van der Waals surface area contributed by atoms with Gasteiger partial charge in [-0.2, -0.15) is 0 Å². The number of phenolic OH excluding ortho intramolecular Hbond substituents is 1. The van der Waals surface area contributed by atoms with Crippen LogP contribution in [0.2, 0.25) is 0 Å². The molecular weight excluding hydrogens is 432 g/mol. The number of hydrogen-bond donors (Lipinski definition) is 2. The molecule has 2 rings (SSSR count). The number of benzene rings is 2. The van der Waals surface area contributed by atoms with E-state index in [1.165, 1.54) is 12.1 Å². The van der Waals surface area contributed by atoms with Crippen LogP contribution in [0, 0.1) is 5.82 Å². The predicted octanol–water partition coefficient (Wildman–Crippen LogP) is 3.79. The summed E-state index contributed by atoms with van der Waals surface area (Å²) in [5.41, 5.74) is 1.94. The number of hydrogen-bond acceptors (Lipinski definition) is 2. The van der Waals surface area contributed by atoms with Crippen molar-refractivity contribution in [2.45, 2.75) is 19.9 Å². The van der Waals surface area contributed by atoms with Crippen LogP contribution in [0.1, 0.15) is 18.1 Å². The normalized spacial score (nSPS) is 10.9. The Morgan fingerprint density at radius 1 is 1.16 bits per heavy atom. The summed E-state index contributed by atoms with van der Waals surface area (Å²) in [5.74, 6) is 0.820. The molecule has 0 bridgehead atoms. The first-order valence-corrected chi connectivity index (χ1v) is 8.10. The smallest absolute Gasteiger partial charge is 0.193 e. The van der Waals surface area contributed by atoms with Crippen molar-refractivity contribution in [1.82, 2.24) is 10.2 Å². The van der Waals surface area contributed by atoms with E-state index in [-0.39, 0.29) is 35.5 Å². The van der Waals surface area contributed by atoms with Crippen molar-refractivity contribution in [3.8, 4) is 5.75 Å². The van der Waals surface area contributed by atoms with E-state index in [2.05, 4.69) is 10.3 Å². The Morgan fingerprint density at radius 3 is 2.56 bits per heavy atom. The number of halogens is 2. The van der Waals surface area contributed by atoms with Crippen LogP contribution < -0.4 is 5.32 Å². The van der Waals surface area contributed by atoms with E-state index in [0.717, 1.165) is 30.1 Å². The third-order valence-electron chi connectivity index (χ3n) is 3.58. The van der Waals surface area contributed by atoms with E-state index in [4.69, 9.17) is 0 Å². The Bertz CT molecular complexity index is 694. The van der Waals surface area contributed by atoms with E-state index in [9.17, 15) is 9.50 Å². The molecule has 0 unspecified atom stereocenters. The molecule has 25 heavy (non-hydrogen) atoms. The van der Waals surface area contributed by atoms with Crippen molar-refractivity contribution in [2.24, 2.45) is 4.99 Å². The van der Waals surface area contributed by atoms with Gasteiger partial charge in [-0.3, -0.25) is 4.99 Å². The van der Waals surface area contributed by atoms with Crippen molar-refractivity contribution in [3.63, 3.8) is 0 Å². The van der Waals surface area contributed by atoms with Gasteiger partial charge in [0.15, 0.2) is 5.96 Å². The van der Waals surface area contributed by atoms with Crippen LogP contribution in [0.5, 0.6) is 5.75 Å². The molecule has 0 aliphatic rings. The molecular formula is C19H25FIN3O. The number of aliphatic imine (C=N–C) groups is 1. The largest absolute Gasteiger partial charge is 0.508 e. The second kappa shape index (κ2) is 10.9. The maximum atomic E-state index is 13.3. The molecule has 0 aliphatic heterocycles. The number of rotatable bonds is 6. The summed E-state index contributed by atoms with van der Waals surface area (Å²) < 4.78 is 13.3. The molecule has 2 N–H and O–H groups in total. The second-order valence-electron chi connectivity index (χ2n) is 5.64. The van der Waals surface area contributed by atoms with Crippen LogP contribution in [0.4, 0.5) is 4.39 Å². The minimum absolute atomic E-state index is 0. The van der Waals surface area contributed by atoms with E-state index in [1.54, 1.807) is 18.2 Å². The van der Waals surface area contributed by atoms with Crippen molar-refractivity contribution < 1.29 is 9.50 Å². The molecule has 0 radical (unpaired) electrons. The molecule has 2 aromatic rings. The van der Waals surface area contributed by atoms with Crippen LogP contribution in [-0.2, 0) is 13.0 Å². The van der Waals surface area contributed by atoms with Crippen LogP contribution in [0.15, 0.2) is 53.5 Å². The molecule has 0 atom stereocenters. The van der Waals surface area contributed by atoms with Gasteiger partial charge in [0.25, 0.3) is 0 Å². The van der Waals surface area contributed by atoms with Gasteiger partial charge in [-0.05, 0) is 48.7 Å². The molecule has 0 saturated heterocycles.